The first-order valence-electron chi connectivity index (χ1n) is 8.87. The van der Waals surface area contributed by atoms with Gasteiger partial charge in [-0.05, 0) is 51.0 Å². The van der Waals surface area contributed by atoms with Crippen molar-refractivity contribution < 1.29 is 26.1 Å². The van der Waals surface area contributed by atoms with Crippen LogP contribution in [0, 0.1) is 13.8 Å². The molecular formula is C17H23N3O6S2. The molecular weight excluding hydrogens is 406 g/mol. The summed E-state index contributed by atoms with van der Waals surface area (Å²) in [6, 6.07) is 6.12. The van der Waals surface area contributed by atoms with Crippen molar-refractivity contribution >= 4 is 20.0 Å². The molecule has 0 radical (unpaired) electrons. The number of aryl methyl sites for hydroxylation is 2. The molecule has 2 heterocycles. The van der Waals surface area contributed by atoms with E-state index in [4.69, 9.17) is 9.26 Å². The Morgan fingerprint density at radius 3 is 2.32 bits per heavy atom. The molecule has 3 rings (SSSR count). The zero-order valence-electron chi connectivity index (χ0n) is 15.7. The number of sulfonamides is 2. The van der Waals surface area contributed by atoms with E-state index in [-0.39, 0.29) is 28.7 Å². The molecule has 1 fully saturated rings. The summed E-state index contributed by atoms with van der Waals surface area (Å²) in [5.74, 6) is 0.678. The lowest BCUT2D eigenvalue weighted by Crippen LogP contribution is -2.29. The second kappa shape index (κ2) is 8.19. The normalized spacial score (nSPS) is 15.8. The van der Waals surface area contributed by atoms with Gasteiger partial charge in [-0.3, -0.25) is 0 Å². The molecule has 1 saturated heterocycles. The van der Waals surface area contributed by atoms with Gasteiger partial charge in [0.25, 0.3) is 0 Å². The third-order valence-corrected chi connectivity index (χ3v) is 8.04. The summed E-state index contributed by atoms with van der Waals surface area (Å²) >= 11 is 0. The Kier molecular flexibility index (Phi) is 6.08. The summed E-state index contributed by atoms with van der Waals surface area (Å²) in [7, 11) is -7.20. The molecule has 0 amide bonds. The van der Waals surface area contributed by atoms with Gasteiger partial charge in [-0.15, -0.1) is 0 Å². The fraction of sp³-hybridized carbons (Fsp3) is 0.471. The van der Waals surface area contributed by atoms with Crippen LogP contribution in [0.2, 0.25) is 0 Å². The smallest absolute Gasteiger partial charge is 0.246 e. The molecule has 11 heteroatoms. The molecule has 1 aliphatic rings. The highest BCUT2D eigenvalue weighted by Gasteiger charge is 2.27. The number of hydrogen-bond donors (Lipinski definition) is 1. The lowest BCUT2D eigenvalue weighted by molar-refractivity contribution is 0.322. The van der Waals surface area contributed by atoms with E-state index < -0.39 is 20.0 Å². The van der Waals surface area contributed by atoms with E-state index in [1.165, 1.54) is 23.4 Å². The summed E-state index contributed by atoms with van der Waals surface area (Å²) in [6.45, 7) is 4.31. The maximum atomic E-state index is 12.5. The molecule has 1 aliphatic heterocycles. The Bertz CT molecular complexity index is 1000. The van der Waals surface area contributed by atoms with Crippen LogP contribution in [0.4, 0.5) is 0 Å². The van der Waals surface area contributed by atoms with E-state index in [0.717, 1.165) is 12.8 Å². The molecule has 28 heavy (non-hydrogen) atoms. The quantitative estimate of drug-likeness (QED) is 0.631. The molecule has 1 aromatic carbocycles. The van der Waals surface area contributed by atoms with Gasteiger partial charge in [-0.2, -0.15) is 4.31 Å². The summed E-state index contributed by atoms with van der Waals surface area (Å²) in [5.41, 5.74) is 0.292. The summed E-state index contributed by atoms with van der Waals surface area (Å²) in [5, 5.41) is 3.64. The van der Waals surface area contributed by atoms with Crippen molar-refractivity contribution in [2.75, 3.05) is 26.2 Å². The molecule has 1 aromatic heterocycles. The standard InChI is InChI=1S/C17H23N3O6S2/c1-13-17(14(2)26-19-13)27(21,22)18-9-12-25-15-5-7-16(8-6-15)28(23,24)20-10-3-4-11-20/h5-8,18H,3-4,9-12H2,1-2H3. The van der Waals surface area contributed by atoms with Crippen molar-refractivity contribution in [2.45, 2.75) is 36.5 Å². The Labute approximate surface area is 164 Å². The minimum absolute atomic E-state index is 0.0315. The minimum Gasteiger partial charge on any atom is -0.492 e. The van der Waals surface area contributed by atoms with E-state index in [0.29, 0.717) is 24.5 Å². The maximum absolute atomic E-state index is 12.5. The topological polar surface area (TPSA) is 119 Å². The van der Waals surface area contributed by atoms with Gasteiger partial charge in [-0.1, -0.05) is 5.16 Å². The number of aromatic nitrogens is 1. The molecule has 0 saturated carbocycles. The first-order valence-corrected chi connectivity index (χ1v) is 11.8. The van der Waals surface area contributed by atoms with Crippen LogP contribution < -0.4 is 9.46 Å². The molecule has 0 spiro atoms. The number of hydrogen-bond acceptors (Lipinski definition) is 7. The molecule has 1 N–H and O–H groups in total. The fourth-order valence-corrected chi connectivity index (χ4v) is 5.92. The average molecular weight is 430 g/mol. The predicted molar refractivity (Wildman–Crippen MR) is 101 cm³/mol. The number of benzene rings is 1. The highest BCUT2D eigenvalue weighted by Crippen LogP contribution is 2.23. The van der Waals surface area contributed by atoms with Gasteiger partial charge in [0.2, 0.25) is 20.0 Å². The highest BCUT2D eigenvalue weighted by atomic mass is 32.2. The Morgan fingerprint density at radius 2 is 1.75 bits per heavy atom. The molecule has 9 nitrogen and oxygen atoms in total. The summed E-state index contributed by atoms with van der Waals surface area (Å²) in [6.07, 6.45) is 1.76. The summed E-state index contributed by atoms with van der Waals surface area (Å²) in [4.78, 5) is 0.254. The SMILES string of the molecule is Cc1noc(C)c1S(=O)(=O)NCCOc1ccc(S(=O)(=O)N2CCCC2)cc1. The third kappa shape index (κ3) is 4.37. The number of rotatable bonds is 8. The Balaban J connectivity index is 1.54. The predicted octanol–water partition coefficient (Wildman–Crippen LogP) is 1.43. The van der Waals surface area contributed by atoms with Crippen LogP contribution in [0.25, 0.3) is 0 Å². The van der Waals surface area contributed by atoms with E-state index in [9.17, 15) is 16.8 Å². The van der Waals surface area contributed by atoms with Crippen LogP contribution in [0.5, 0.6) is 5.75 Å². The Hall–Kier alpha value is -1.95. The number of nitrogens with one attached hydrogen (secondary N) is 1. The van der Waals surface area contributed by atoms with Gasteiger partial charge in [0, 0.05) is 19.6 Å². The van der Waals surface area contributed by atoms with E-state index >= 15 is 0 Å². The van der Waals surface area contributed by atoms with Crippen molar-refractivity contribution in [3.05, 3.63) is 35.7 Å². The van der Waals surface area contributed by atoms with Crippen molar-refractivity contribution in [1.29, 1.82) is 0 Å². The van der Waals surface area contributed by atoms with Gasteiger partial charge in [0.05, 0.1) is 4.90 Å². The van der Waals surface area contributed by atoms with Gasteiger partial charge in [0.15, 0.2) is 5.76 Å². The monoisotopic (exact) mass is 429 g/mol. The van der Waals surface area contributed by atoms with Gasteiger partial charge >= 0.3 is 0 Å². The lowest BCUT2D eigenvalue weighted by Gasteiger charge is -2.15. The van der Waals surface area contributed by atoms with Crippen molar-refractivity contribution in [2.24, 2.45) is 0 Å². The zero-order valence-corrected chi connectivity index (χ0v) is 17.3. The van der Waals surface area contributed by atoms with Crippen LogP contribution >= 0.6 is 0 Å². The van der Waals surface area contributed by atoms with E-state index in [1.54, 1.807) is 19.1 Å². The lowest BCUT2D eigenvalue weighted by atomic mass is 10.3. The largest absolute Gasteiger partial charge is 0.492 e. The van der Waals surface area contributed by atoms with Crippen LogP contribution in [0.1, 0.15) is 24.3 Å². The molecule has 0 bridgehead atoms. The highest BCUT2D eigenvalue weighted by molar-refractivity contribution is 7.89. The first-order chi connectivity index (χ1) is 13.2. The molecule has 0 aliphatic carbocycles. The first kappa shape index (κ1) is 20.8. The zero-order chi connectivity index (χ0) is 20.4. The van der Waals surface area contributed by atoms with Crippen molar-refractivity contribution in [3.63, 3.8) is 0 Å². The summed E-state index contributed by atoms with van der Waals surface area (Å²) < 4.78 is 63.8. The number of ether oxygens (including phenoxy) is 1. The Morgan fingerprint density at radius 1 is 1.11 bits per heavy atom. The van der Waals surface area contributed by atoms with Crippen LogP contribution in [-0.2, 0) is 20.0 Å². The van der Waals surface area contributed by atoms with Gasteiger partial charge < -0.3 is 9.26 Å². The van der Waals surface area contributed by atoms with E-state index in [1.807, 2.05) is 0 Å². The van der Waals surface area contributed by atoms with Crippen molar-refractivity contribution in [1.82, 2.24) is 14.2 Å². The van der Waals surface area contributed by atoms with Crippen LogP contribution in [-0.4, -0.2) is 52.5 Å². The molecule has 2 aromatic rings. The van der Waals surface area contributed by atoms with Gasteiger partial charge in [-0.25, -0.2) is 21.6 Å². The van der Waals surface area contributed by atoms with Crippen LogP contribution in [0.3, 0.4) is 0 Å². The molecule has 0 atom stereocenters. The number of nitrogens with zero attached hydrogens (tertiary/aromatic N) is 2. The second-order valence-corrected chi connectivity index (χ2v) is 10.1. The third-order valence-electron chi connectivity index (χ3n) is 4.43. The molecule has 154 valence electrons. The minimum atomic E-state index is -3.74. The van der Waals surface area contributed by atoms with Crippen LogP contribution in [0.15, 0.2) is 38.6 Å². The van der Waals surface area contributed by atoms with E-state index in [2.05, 4.69) is 9.88 Å². The molecule has 0 unspecified atom stereocenters. The van der Waals surface area contributed by atoms with Crippen molar-refractivity contribution in [3.8, 4) is 5.75 Å². The fourth-order valence-electron chi connectivity index (χ4n) is 3.06. The maximum Gasteiger partial charge on any atom is 0.246 e. The van der Waals surface area contributed by atoms with Gasteiger partial charge in [0.1, 0.15) is 22.9 Å². The second-order valence-electron chi connectivity index (χ2n) is 6.48. The average Bonchev–Trinajstić information content (AvgIpc) is 3.30.